The third kappa shape index (κ3) is 3.60. The van der Waals surface area contributed by atoms with Crippen LogP contribution in [0.1, 0.15) is 21.5 Å². The third-order valence-corrected chi connectivity index (χ3v) is 7.87. The lowest BCUT2D eigenvalue weighted by Gasteiger charge is -2.33. The van der Waals surface area contributed by atoms with Crippen molar-refractivity contribution >= 4 is 40.9 Å². The summed E-state index contributed by atoms with van der Waals surface area (Å²) in [6.45, 7) is 0.817. The maximum absolute atomic E-state index is 14.1. The Hall–Kier alpha value is -3.16. The molecule has 1 unspecified atom stereocenters. The first-order chi connectivity index (χ1) is 16.5. The van der Waals surface area contributed by atoms with Gasteiger partial charge in [-0.2, -0.15) is 0 Å². The zero-order chi connectivity index (χ0) is 23.9. The molecule has 2 heterocycles. The molecule has 0 aromatic heterocycles. The topological polar surface area (TPSA) is 59.1 Å². The molecule has 1 saturated heterocycles. The van der Waals surface area contributed by atoms with Gasteiger partial charge in [0.15, 0.2) is 4.87 Å². The van der Waals surface area contributed by atoms with Gasteiger partial charge in [0.1, 0.15) is 11.5 Å². The van der Waals surface area contributed by atoms with Gasteiger partial charge in [0.25, 0.3) is 11.8 Å². The Balaban J connectivity index is 1.56. The summed E-state index contributed by atoms with van der Waals surface area (Å²) in [6, 6.07) is 20.0. The van der Waals surface area contributed by atoms with Crippen LogP contribution in [-0.2, 0) is 16.2 Å². The summed E-state index contributed by atoms with van der Waals surface area (Å²) in [5.74, 6) is 1.70. The molecule has 0 N–H and O–H groups in total. The molecule has 0 aliphatic carbocycles. The Labute approximate surface area is 207 Å². The Bertz CT molecular complexity index is 1270. The first kappa shape index (κ1) is 22.6. The zero-order valence-corrected chi connectivity index (χ0v) is 20.4. The highest BCUT2D eigenvalue weighted by molar-refractivity contribution is 8.01. The maximum Gasteiger partial charge on any atom is 0.268 e. The molecule has 8 heteroatoms. The lowest BCUT2D eigenvalue weighted by Crippen LogP contribution is -2.50. The molecule has 1 atom stereocenters. The predicted octanol–water partition coefficient (Wildman–Crippen LogP) is 4.95. The second-order valence-corrected chi connectivity index (χ2v) is 9.81. The summed E-state index contributed by atoms with van der Waals surface area (Å²) in [6.07, 6.45) is 0. The average molecular weight is 495 g/mol. The molecular weight excluding hydrogens is 472 g/mol. The normalized spacial score (nSPS) is 19.0. The number of thioether (sulfide) groups is 1. The summed E-state index contributed by atoms with van der Waals surface area (Å²) >= 11 is 7.86. The largest absolute Gasteiger partial charge is 0.497 e. The summed E-state index contributed by atoms with van der Waals surface area (Å²) in [7, 11) is 3.20. The maximum atomic E-state index is 14.1. The molecule has 174 valence electrons. The summed E-state index contributed by atoms with van der Waals surface area (Å²) in [5.41, 5.74) is 2.95. The SMILES string of the molecule is COc1ccc(C(=O)N2CCSC23C(=O)N(Cc2cccc(OC)c2)c2ccc(Cl)cc23)cc1. The van der Waals surface area contributed by atoms with Crippen LogP contribution in [-0.4, -0.2) is 43.2 Å². The second-order valence-electron chi connectivity index (χ2n) is 8.08. The van der Waals surface area contributed by atoms with Crippen molar-refractivity contribution in [3.8, 4) is 11.5 Å². The van der Waals surface area contributed by atoms with Crippen molar-refractivity contribution in [1.82, 2.24) is 4.90 Å². The van der Waals surface area contributed by atoms with Gasteiger partial charge in [0.2, 0.25) is 0 Å². The van der Waals surface area contributed by atoms with E-state index in [1.54, 1.807) is 54.4 Å². The van der Waals surface area contributed by atoms with Gasteiger partial charge in [-0.05, 0) is 60.2 Å². The van der Waals surface area contributed by atoms with E-state index in [-0.39, 0.29) is 11.8 Å². The number of carbonyl (C=O) groups excluding carboxylic acids is 2. The van der Waals surface area contributed by atoms with Crippen LogP contribution in [0.15, 0.2) is 66.7 Å². The van der Waals surface area contributed by atoms with Crippen molar-refractivity contribution < 1.29 is 19.1 Å². The molecule has 0 bridgehead atoms. The molecule has 2 aliphatic heterocycles. The van der Waals surface area contributed by atoms with Gasteiger partial charge in [0.05, 0.1) is 26.5 Å². The fourth-order valence-corrected chi connectivity index (χ4v) is 6.21. The van der Waals surface area contributed by atoms with Gasteiger partial charge in [-0.1, -0.05) is 23.7 Å². The number of benzene rings is 3. The Morgan fingerprint density at radius 3 is 2.53 bits per heavy atom. The van der Waals surface area contributed by atoms with Crippen molar-refractivity contribution in [3.05, 3.63) is 88.4 Å². The minimum absolute atomic E-state index is 0.142. The fraction of sp³-hybridized carbons (Fsp3) is 0.231. The van der Waals surface area contributed by atoms with Crippen LogP contribution in [0.3, 0.4) is 0 Å². The molecule has 0 saturated carbocycles. The molecule has 3 aromatic carbocycles. The molecule has 34 heavy (non-hydrogen) atoms. The van der Waals surface area contributed by atoms with Crippen molar-refractivity contribution in [3.63, 3.8) is 0 Å². The van der Waals surface area contributed by atoms with Crippen LogP contribution in [0.4, 0.5) is 5.69 Å². The van der Waals surface area contributed by atoms with E-state index in [0.717, 1.165) is 22.6 Å². The Morgan fingerprint density at radius 2 is 1.79 bits per heavy atom. The predicted molar refractivity (Wildman–Crippen MR) is 134 cm³/mol. The molecule has 2 amide bonds. The number of hydrogen-bond donors (Lipinski definition) is 0. The van der Waals surface area contributed by atoms with E-state index in [1.165, 1.54) is 11.8 Å². The van der Waals surface area contributed by atoms with E-state index < -0.39 is 4.87 Å². The van der Waals surface area contributed by atoms with Gasteiger partial charge in [0, 0.05) is 28.4 Å². The number of fused-ring (bicyclic) bond motifs is 2. The quantitative estimate of drug-likeness (QED) is 0.502. The Kier molecular flexibility index (Phi) is 5.91. The van der Waals surface area contributed by atoms with E-state index in [1.807, 2.05) is 36.4 Å². The first-order valence-electron chi connectivity index (χ1n) is 10.8. The van der Waals surface area contributed by atoms with Crippen molar-refractivity contribution in [2.45, 2.75) is 11.4 Å². The molecule has 1 spiro atoms. The molecular formula is C26H23ClN2O4S. The third-order valence-electron chi connectivity index (χ3n) is 6.21. The number of ether oxygens (including phenoxy) is 2. The fourth-order valence-electron chi connectivity index (χ4n) is 4.59. The van der Waals surface area contributed by atoms with Crippen molar-refractivity contribution in [2.75, 3.05) is 31.4 Å². The summed E-state index contributed by atoms with van der Waals surface area (Å²) < 4.78 is 10.6. The average Bonchev–Trinajstić information content (AvgIpc) is 3.41. The summed E-state index contributed by atoms with van der Waals surface area (Å²) in [5, 5.41) is 0.526. The van der Waals surface area contributed by atoms with E-state index in [0.29, 0.717) is 35.2 Å². The Morgan fingerprint density at radius 1 is 1.03 bits per heavy atom. The van der Waals surface area contributed by atoms with Gasteiger partial charge < -0.3 is 19.3 Å². The van der Waals surface area contributed by atoms with Crippen molar-refractivity contribution in [1.29, 1.82) is 0 Å². The number of anilines is 1. The molecule has 3 aromatic rings. The van der Waals surface area contributed by atoms with Crippen LogP contribution in [0.5, 0.6) is 11.5 Å². The van der Waals surface area contributed by atoms with E-state index >= 15 is 0 Å². The van der Waals surface area contributed by atoms with Gasteiger partial charge in [-0.15, -0.1) is 11.8 Å². The smallest absolute Gasteiger partial charge is 0.268 e. The molecule has 5 rings (SSSR count). The highest BCUT2D eigenvalue weighted by Gasteiger charge is 2.59. The van der Waals surface area contributed by atoms with Gasteiger partial charge >= 0.3 is 0 Å². The number of nitrogens with zero attached hydrogens (tertiary/aromatic N) is 2. The minimum atomic E-state index is -1.16. The second kappa shape index (κ2) is 8.89. The van der Waals surface area contributed by atoms with Gasteiger partial charge in [-0.3, -0.25) is 9.59 Å². The lowest BCUT2D eigenvalue weighted by atomic mass is 10.0. The monoisotopic (exact) mass is 494 g/mol. The molecule has 1 fully saturated rings. The minimum Gasteiger partial charge on any atom is -0.497 e. The zero-order valence-electron chi connectivity index (χ0n) is 18.8. The van der Waals surface area contributed by atoms with Crippen LogP contribution < -0.4 is 14.4 Å². The van der Waals surface area contributed by atoms with Crippen LogP contribution in [0.25, 0.3) is 0 Å². The number of halogens is 1. The highest BCUT2D eigenvalue weighted by Crippen LogP contribution is 2.55. The first-order valence-corrected chi connectivity index (χ1v) is 12.2. The van der Waals surface area contributed by atoms with Crippen molar-refractivity contribution in [2.24, 2.45) is 0 Å². The van der Waals surface area contributed by atoms with E-state index in [4.69, 9.17) is 21.1 Å². The van der Waals surface area contributed by atoms with Crippen LogP contribution in [0.2, 0.25) is 5.02 Å². The molecule has 2 aliphatic rings. The van der Waals surface area contributed by atoms with Gasteiger partial charge in [-0.25, -0.2) is 0 Å². The van der Waals surface area contributed by atoms with E-state index in [9.17, 15) is 9.59 Å². The lowest BCUT2D eigenvalue weighted by molar-refractivity contribution is -0.123. The highest BCUT2D eigenvalue weighted by atomic mass is 35.5. The van der Waals surface area contributed by atoms with E-state index in [2.05, 4.69) is 0 Å². The number of amides is 2. The standard InChI is InChI=1S/C26H23ClN2O4S/c1-32-20-9-6-18(7-10-20)24(30)29-12-13-34-26(29)22-15-19(27)8-11-23(22)28(25(26)31)16-17-4-3-5-21(14-17)33-2/h3-11,14-15H,12-13,16H2,1-2H3. The molecule has 0 radical (unpaired) electrons. The summed E-state index contributed by atoms with van der Waals surface area (Å²) in [4.78, 5) is 30.0. The van der Waals surface area contributed by atoms with Crippen LogP contribution >= 0.6 is 23.4 Å². The van der Waals surface area contributed by atoms with Crippen LogP contribution in [0, 0.1) is 0 Å². The molecule has 6 nitrogen and oxygen atoms in total. The number of rotatable bonds is 5. The number of carbonyl (C=O) groups is 2. The number of methoxy groups -OCH3 is 2. The number of hydrogen-bond acceptors (Lipinski definition) is 5.